The molecule has 0 spiro atoms. The van der Waals surface area contributed by atoms with Crippen molar-refractivity contribution in [2.75, 3.05) is 4.72 Å². The molecule has 5 rings (SSSR count). The lowest BCUT2D eigenvalue weighted by atomic mass is 9.82. The molecular weight excluding hydrogens is 434 g/mol. The number of aryl methyl sites for hydroxylation is 1. The Bertz CT molecular complexity index is 1410. The first-order valence-corrected chi connectivity index (χ1v) is 12.2. The molecule has 4 aromatic rings. The van der Waals surface area contributed by atoms with Crippen LogP contribution in [0, 0.1) is 6.92 Å². The highest BCUT2D eigenvalue weighted by atomic mass is 32.2. The molecule has 33 heavy (non-hydrogen) atoms. The van der Waals surface area contributed by atoms with Crippen molar-refractivity contribution in [2.45, 2.75) is 30.6 Å². The summed E-state index contributed by atoms with van der Waals surface area (Å²) in [7, 11) is -3.72. The van der Waals surface area contributed by atoms with Gasteiger partial charge in [-0.1, -0.05) is 48.0 Å². The zero-order valence-corrected chi connectivity index (χ0v) is 18.9. The van der Waals surface area contributed by atoms with E-state index in [4.69, 9.17) is 0 Å². The number of hydrogen-bond donors (Lipinski definition) is 1. The van der Waals surface area contributed by atoms with E-state index in [-0.39, 0.29) is 16.6 Å². The number of carbonyl (C=O) groups is 1. The van der Waals surface area contributed by atoms with Gasteiger partial charge < -0.3 is 0 Å². The number of carbonyl (C=O) groups excluding carboxylic acids is 1. The van der Waals surface area contributed by atoms with Crippen LogP contribution in [-0.2, 0) is 16.4 Å². The first-order valence-electron chi connectivity index (χ1n) is 10.8. The predicted octanol–water partition coefficient (Wildman–Crippen LogP) is 4.89. The highest BCUT2D eigenvalue weighted by Gasteiger charge is 2.30. The second kappa shape index (κ2) is 8.33. The van der Waals surface area contributed by atoms with Crippen LogP contribution in [-0.4, -0.2) is 24.0 Å². The molecule has 1 aliphatic carbocycles. The highest BCUT2D eigenvalue weighted by Crippen LogP contribution is 2.33. The molecule has 0 saturated carbocycles. The van der Waals surface area contributed by atoms with Gasteiger partial charge in [-0.05, 0) is 61.2 Å². The maximum Gasteiger partial charge on any atom is 0.261 e. The topological polar surface area (TPSA) is 81.1 Å². The van der Waals surface area contributed by atoms with Crippen molar-refractivity contribution >= 4 is 21.5 Å². The summed E-state index contributed by atoms with van der Waals surface area (Å²) in [6, 6.07) is 23.7. The van der Waals surface area contributed by atoms with Crippen molar-refractivity contribution in [3.63, 3.8) is 0 Å². The van der Waals surface area contributed by atoms with Gasteiger partial charge in [0.2, 0.25) is 0 Å². The van der Waals surface area contributed by atoms with E-state index in [0.29, 0.717) is 29.8 Å². The summed E-state index contributed by atoms with van der Waals surface area (Å²) in [5, 5.41) is 4.45. The minimum absolute atomic E-state index is 0.0813. The molecule has 0 bridgehead atoms. The number of nitrogens with one attached hydrogen (secondary N) is 1. The molecule has 0 saturated heterocycles. The van der Waals surface area contributed by atoms with Crippen molar-refractivity contribution < 1.29 is 13.2 Å². The fraction of sp³-hybridized carbons (Fsp3) is 0.154. The van der Waals surface area contributed by atoms with Crippen LogP contribution in [0.5, 0.6) is 0 Å². The summed E-state index contributed by atoms with van der Waals surface area (Å²) in [5.74, 6) is 0.179. The molecular formula is C26H23N3O3S. The number of aromatic nitrogens is 2. The van der Waals surface area contributed by atoms with Gasteiger partial charge in [-0.2, -0.15) is 5.10 Å². The maximum absolute atomic E-state index is 12.8. The lowest BCUT2D eigenvalue weighted by Gasteiger charge is -2.23. The molecule has 166 valence electrons. The van der Waals surface area contributed by atoms with Gasteiger partial charge in [0.15, 0.2) is 5.78 Å². The van der Waals surface area contributed by atoms with Crippen molar-refractivity contribution in [1.29, 1.82) is 0 Å². The van der Waals surface area contributed by atoms with Gasteiger partial charge in [-0.15, -0.1) is 0 Å². The van der Waals surface area contributed by atoms with Crippen LogP contribution in [0.15, 0.2) is 90.0 Å². The van der Waals surface area contributed by atoms with E-state index < -0.39 is 10.0 Å². The number of Topliss-reactive ketones (excluding diaryl/α,β-unsaturated/α-hetero) is 1. The summed E-state index contributed by atoms with van der Waals surface area (Å²) in [6.07, 6.45) is 2.77. The lowest BCUT2D eigenvalue weighted by molar-refractivity contribution is 0.0963. The average molecular weight is 458 g/mol. The van der Waals surface area contributed by atoms with Gasteiger partial charge in [-0.25, -0.2) is 13.1 Å². The fourth-order valence-electron chi connectivity index (χ4n) is 4.23. The van der Waals surface area contributed by atoms with E-state index in [0.717, 1.165) is 16.8 Å². The van der Waals surface area contributed by atoms with Crippen LogP contribution < -0.4 is 4.72 Å². The van der Waals surface area contributed by atoms with Crippen molar-refractivity contribution in [3.8, 4) is 5.69 Å². The van der Waals surface area contributed by atoms with Gasteiger partial charge in [0, 0.05) is 12.1 Å². The molecule has 1 aromatic heterocycles. The van der Waals surface area contributed by atoms with Gasteiger partial charge in [0.1, 0.15) is 0 Å². The summed E-state index contributed by atoms with van der Waals surface area (Å²) in [4.78, 5) is 12.9. The second-order valence-corrected chi connectivity index (χ2v) is 10.0. The van der Waals surface area contributed by atoms with Crippen LogP contribution in [0.2, 0.25) is 0 Å². The predicted molar refractivity (Wildman–Crippen MR) is 127 cm³/mol. The Morgan fingerprint density at radius 2 is 1.61 bits per heavy atom. The van der Waals surface area contributed by atoms with Gasteiger partial charge in [0.05, 0.1) is 28.0 Å². The third-order valence-corrected chi connectivity index (χ3v) is 7.40. The Labute approximate surface area is 193 Å². The Balaban J connectivity index is 1.42. The number of nitrogens with zero attached hydrogens (tertiary/aromatic N) is 2. The van der Waals surface area contributed by atoms with E-state index in [9.17, 15) is 13.2 Å². The van der Waals surface area contributed by atoms with Crippen LogP contribution in [0.3, 0.4) is 0 Å². The normalized spacial score (nSPS) is 15.8. The summed E-state index contributed by atoms with van der Waals surface area (Å²) < 4.78 is 29.9. The summed E-state index contributed by atoms with van der Waals surface area (Å²) in [6.45, 7) is 1.95. The van der Waals surface area contributed by atoms with Crippen molar-refractivity contribution in [3.05, 3.63) is 107 Å². The fourth-order valence-corrected chi connectivity index (χ4v) is 5.29. The SMILES string of the molecule is Cc1ccc(NS(=O)(=O)c2ccc(-n3ncc4c3CC(c3ccccc3)CC4=O)cc2)cc1. The molecule has 1 unspecified atom stereocenters. The number of sulfonamides is 1. The zero-order valence-electron chi connectivity index (χ0n) is 18.1. The number of hydrogen-bond acceptors (Lipinski definition) is 4. The zero-order chi connectivity index (χ0) is 23.0. The largest absolute Gasteiger partial charge is 0.294 e. The lowest BCUT2D eigenvalue weighted by Crippen LogP contribution is -2.20. The Kier molecular flexibility index (Phi) is 5.34. The number of fused-ring (bicyclic) bond motifs is 1. The Morgan fingerprint density at radius 3 is 2.30 bits per heavy atom. The Morgan fingerprint density at radius 1 is 0.909 bits per heavy atom. The number of benzene rings is 3. The van der Waals surface area contributed by atoms with Crippen LogP contribution >= 0.6 is 0 Å². The van der Waals surface area contributed by atoms with E-state index in [1.54, 1.807) is 47.3 Å². The third kappa shape index (κ3) is 4.19. The molecule has 0 radical (unpaired) electrons. The number of rotatable bonds is 5. The minimum Gasteiger partial charge on any atom is -0.294 e. The number of anilines is 1. The highest BCUT2D eigenvalue weighted by molar-refractivity contribution is 7.92. The van der Waals surface area contributed by atoms with Crippen molar-refractivity contribution in [2.24, 2.45) is 0 Å². The summed E-state index contributed by atoms with van der Waals surface area (Å²) >= 11 is 0. The van der Waals surface area contributed by atoms with Gasteiger partial charge in [-0.3, -0.25) is 9.52 Å². The molecule has 6 nitrogen and oxygen atoms in total. The first kappa shape index (κ1) is 21.2. The quantitative estimate of drug-likeness (QED) is 0.462. The van der Waals surface area contributed by atoms with Gasteiger partial charge >= 0.3 is 0 Å². The molecule has 3 aromatic carbocycles. The smallest absolute Gasteiger partial charge is 0.261 e. The monoisotopic (exact) mass is 457 g/mol. The van der Waals surface area contributed by atoms with E-state index in [1.807, 2.05) is 49.4 Å². The van der Waals surface area contributed by atoms with E-state index in [2.05, 4.69) is 9.82 Å². The molecule has 1 atom stereocenters. The second-order valence-electron chi connectivity index (χ2n) is 8.32. The Hall–Kier alpha value is -3.71. The molecule has 0 aliphatic heterocycles. The maximum atomic E-state index is 12.8. The van der Waals surface area contributed by atoms with Crippen molar-refractivity contribution in [1.82, 2.24) is 9.78 Å². The van der Waals surface area contributed by atoms with Crippen LogP contribution in [0.4, 0.5) is 5.69 Å². The van der Waals surface area contributed by atoms with Crippen LogP contribution in [0.25, 0.3) is 5.69 Å². The minimum atomic E-state index is -3.72. The molecule has 7 heteroatoms. The van der Waals surface area contributed by atoms with Gasteiger partial charge in [0.25, 0.3) is 10.0 Å². The average Bonchev–Trinajstić information content (AvgIpc) is 3.26. The molecule has 1 heterocycles. The first-order chi connectivity index (χ1) is 15.9. The summed E-state index contributed by atoms with van der Waals surface area (Å²) in [5.41, 5.74) is 4.91. The molecule has 0 fully saturated rings. The standard InChI is InChI=1S/C26H23N3O3S/c1-18-7-9-21(10-8-18)28-33(31,32)23-13-11-22(12-14-23)29-25-15-20(19-5-3-2-4-6-19)16-26(30)24(25)17-27-29/h2-14,17,20,28H,15-16H2,1H3. The van der Waals surface area contributed by atoms with E-state index in [1.165, 1.54) is 0 Å². The third-order valence-electron chi connectivity index (χ3n) is 6.01. The molecule has 0 amide bonds. The molecule has 1 aliphatic rings. The van der Waals surface area contributed by atoms with Crippen LogP contribution in [0.1, 0.15) is 39.5 Å². The number of ketones is 1. The molecule has 1 N–H and O–H groups in total. The van der Waals surface area contributed by atoms with E-state index >= 15 is 0 Å².